The lowest BCUT2D eigenvalue weighted by atomic mass is 9.97. The molecule has 0 aliphatic carbocycles. The number of rotatable bonds is 2. The van der Waals surface area contributed by atoms with Gasteiger partial charge in [-0.25, -0.2) is 9.97 Å². The Morgan fingerprint density at radius 3 is 2.65 bits per heavy atom. The number of nitrogens with zero attached hydrogens (tertiary/aromatic N) is 3. The topological polar surface area (TPSA) is 55.3 Å². The smallest absolute Gasteiger partial charge is 0.308 e. The molecule has 1 aliphatic heterocycles. The molecule has 0 spiro atoms. The maximum absolute atomic E-state index is 11.4. The molecule has 1 saturated heterocycles. The number of hydrogen-bond acceptors (Lipinski definition) is 5. The fourth-order valence-electron chi connectivity index (χ4n) is 1.98. The van der Waals surface area contributed by atoms with Crippen molar-refractivity contribution in [1.82, 2.24) is 9.97 Å². The zero-order valence-electron chi connectivity index (χ0n) is 9.60. The van der Waals surface area contributed by atoms with Crippen molar-refractivity contribution >= 4 is 27.7 Å². The van der Waals surface area contributed by atoms with Crippen LogP contribution in [0.2, 0.25) is 0 Å². The molecule has 0 unspecified atom stereocenters. The average Bonchev–Trinajstić information content (AvgIpc) is 2.39. The average molecular weight is 300 g/mol. The van der Waals surface area contributed by atoms with E-state index in [9.17, 15) is 4.79 Å². The van der Waals surface area contributed by atoms with Gasteiger partial charge < -0.3 is 9.64 Å². The van der Waals surface area contributed by atoms with Crippen molar-refractivity contribution in [3.05, 3.63) is 17.0 Å². The predicted molar refractivity (Wildman–Crippen MR) is 66.7 cm³/mol. The first-order chi connectivity index (χ1) is 8.20. The van der Waals surface area contributed by atoms with Crippen LogP contribution in [0.25, 0.3) is 0 Å². The van der Waals surface area contributed by atoms with Gasteiger partial charge in [-0.3, -0.25) is 4.79 Å². The number of carbonyl (C=O) groups excluding carboxylic acids is 1. The van der Waals surface area contributed by atoms with Gasteiger partial charge in [-0.15, -0.1) is 0 Å². The molecule has 5 nitrogen and oxygen atoms in total. The van der Waals surface area contributed by atoms with Crippen LogP contribution in [-0.4, -0.2) is 36.1 Å². The lowest BCUT2D eigenvalue weighted by Crippen LogP contribution is -2.37. The van der Waals surface area contributed by atoms with Gasteiger partial charge in [0, 0.05) is 13.1 Å². The predicted octanol–water partition coefficient (Wildman–Crippen LogP) is 1.63. The van der Waals surface area contributed by atoms with Crippen molar-refractivity contribution in [2.75, 3.05) is 25.1 Å². The van der Waals surface area contributed by atoms with Gasteiger partial charge >= 0.3 is 5.97 Å². The maximum Gasteiger partial charge on any atom is 0.308 e. The Bertz CT molecular complexity index is 388. The minimum Gasteiger partial charge on any atom is -0.469 e. The largest absolute Gasteiger partial charge is 0.469 e. The van der Waals surface area contributed by atoms with E-state index >= 15 is 0 Å². The third kappa shape index (κ3) is 2.94. The van der Waals surface area contributed by atoms with Gasteiger partial charge in [0.15, 0.2) is 0 Å². The standard InChI is InChI=1S/C11H14BrN3O2/c1-17-11(16)8-2-4-15(5-3-8)10-7-13-9(12)6-14-10/h6-8H,2-5H2,1H3. The number of halogens is 1. The summed E-state index contributed by atoms with van der Waals surface area (Å²) in [6.07, 6.45) is 5.04. The number of carbonyl (C=O) groups is 1. The molecule has 0 bridgehead atoms. The van der Waals surface area contributed by atoms with Gasteiger partial charge in [0.25, 0.3) is 0 Å². The SMILES string of the molecule is COC(=O)C1CCN(c2cnc(Br)cn2)CC1. The van der Waals surface area contributed by atoms with Crippen molar-refractivity contribution in [2.45, 2.75) is 12.8 Å². The van der Waals surface area contributed by atoms with Gasteiger partial charge in [-0.2, -0.15) is 0 Å². The lowest BCUT2D eigenvalue weighted by Gasteiger charge is -2.31. The highest BCUT2D eigenvalue weighted by atomic mass is 79.9. The Balaban J connectivity index is 1.95. The first-order valence-corrected chi connectivity index (χ1v) is 6.30. The highest BCUT2D eigenvalue weighted by molar-refractivity contribution is 9.10. The molecule has 0 radical (unpaired) electrons. The van der Waals surface area contributed by atoms with Crippen molar-refractivity contribution in [1.29, 1.82) is 0 Å². The van der Waals surface area contributed by atoms with Crippen LogP contribution in [0.5, 0.6) is 0 Å². The second kappa shape index (κ2) is 5.44. The number of esters is 1. The van der Waals surface area contributed by atoms with Crippen LogP contribution >= 0.6 is 15.9 Å². The molecule has 92 valence electrons. The van der Waals surface area contributed by atoms with E-state index in [1.54, 1.807) is 12.4 Å². The minimum atomic E-state index is -0.105. The number of ether oxygens (including phenoxy) is 1. The van der Waals surface area contributed by atoms with Gasteiger partial charge in [0.2, 0.25) is 0 Å². The molecule has 0 aromatic carbocycles. The third-order valence-electron chi connectivity index (χ3n) is 2.96. The Labute approximate surface area is 108 Å². The Morgan fingerprint density at radius 1 is 1.41 bits per heavy atom. The number of hydrogen-bond donors (Lipinski definition) is 0. The molecule has 1 fully saturated rings. The lowest BCUT2D eigenvalue weighted by molar-refractivity contribution is -0.146. The van der Waals surface area contributed by atoms with E-state index in [-0.39, 0.29) is 11.9 Å². The van der Waals surface area contributed by atoms with Gasteiger partial charge in [0.05, 0.1) is 25.4 Å². The zero-order chi connectivity index (χ0) is 12.3. The highest BCUT2D eigenvalue weighted by Crippen LogP contribution is 2.22. The van der Waals surface area contributed by atoms with E-state index in [1.807, 2.05) is 0 Å². The first kappa shape index (κ1) is 12.3. The summed E-state index contributed by atoms with van der Waals surface area (Å²) < 4.78 is 5.48. The first-order valence-electron chi connectivity index (χ1n) is 5.51. The minimum absolute atomic E-state index is 0.0275. The summed E-state index contributed by atoms with van der Waals surface area (Å²) in [5.41, 5.74) is 0. The quantitative estimate of drug-likeness (QED) is 0.777. The van der Waals surface area contributed by atoms with Gasteiger partial charge in [-0.05, 0) is 28.8 Å². The molecular weight excluding hydrogens is 286 g/mol. The summed E-state index contributed by atoms with van der Waals surface area (Å²) in [6, 6.07) is 0. The summed E-state index contributed by atoms with van der Waals surface area (Å²) in [5.74, 6) is 0.780. The molecule has 2 heterocycles. The fraction of sp³-hybridized carbons (Fsp3) is 0.545. The van der Waals surface area contributed by atoms with Gasteiger partial charge in [0.1, 0.15) is 10.4 Å². The summed E-state index contributed by atoms with van der Waals surface area (Å²) in [4.78, 5) is 22.0. The normalized spacial score (nSPS) is 16.9. The molecule has 17 heavy (non-hydrogen) atoms. The van der Waals surface area contributed by atoms with Crippen molar-refractivity contribution in [3.63, 3.8) is 0 Å². The van der Waals surface area contributed by atoms with E-state index in [0.29, 0.717) is 0 Å². The summed E-state index contributed by atoms with van der Waals surface area (Å²) in [5, 5.41) is 0. The second-order valence-corrected chi connectivity index (χ2v) is 4.79. The van der Waals surface area contributed by atoms with Crippen molar-refractivity contribution in [2.24, 2.45) is 5.92 Å². The third-order valence-corrected chi connectivity index (χ3v) is 3.37. The zero-order valence-corrected chi connectivity index (χ0v) is 11.2. The monoisotopic (exact) mass is 299 g/mol. The van der Waals surface area contributed by atoms with E-state index in [2.05, 4.69) is 30.8 Å². The van der Waals surface area contributed by atoms with Gasteiger partial charge in [-0.1, -0.05) is 0 Å². The molecule has 2 rings (SSSR count). The summed E-state index contributed by atoms with van der Waals surface area (Å²) in [7, 11) is 1.44. The number of piperidine rings is 1. The van der Waals surface area contributed by atoms with Crippen molar-refractivity contribution < 1.29 is 9.53 Å². The highest BCUT2D eigenvalue weighted by Gasteiger charge is 2.26. The molecule has 0 N–H and O–H groups in total. The number of aromatic nitrogens is 2. The van der Waals surface area contributed by atoms with E-state index in [4.69, 9.17) is 4.74 Å². The molecule has 0 amide bonds. The number of anilines is 1. The van der Waals surface area contributed by atoms with E-state index < -0.39 is 0 Å². The molecule has 0 saturated carbocycles. The van der Waals surface area contributed by atoms with Crippen LogP contribution in [0.1, 0.15) is 12.8 Å². The molecular formula is C11H14BrN3O2. The Morgan fingerprint density at radius 2 is 2.12 bits per heavy atom. The fourth-order valence-corrected chi connectivity index (χ4v) is 2.18. The molecule has 0 atom stereocenters. The Kier molecular flexibility index (Phi) is 3.93. The molecule has 1 aromatic heterocycles. The summed E-state index contributed by atoms with van der Waals surface area (Å²) >= 11 is 3.25. The van der Waals surface area contributed by atoms with E-state index in [1.165, 1.54) is 7.11 Å². The van der Waals surface area contributed by atoms with Crippen LogP contribution in [-0.2, 0) is 9.53 Å². The molecule has 1 aliphatic rings. The van der Waals surface area contributed by atoms with Crippen molar-refractivity contribution in [3.8, 4) is 0 Å². The molecule has 1 aromatic rings. The van der Waals surface area contributed by atoms with Crippen LogP contribution in [0.15, 0.2) is 17.0 Å². The van der Waals surface area contributed by atoms with Crippen LogP contribution in [0, 0.1) is 5.92 Å². The van der Waals surface area contributed by atoms with Crippen LogP contribution < -0.4 is 4.90 Å². The number of methoxy groups -OCH3 is 1. The molecule has 6 heteroatoms. The van der Waals surface area contributed by atoms with Crippen LogP contribution in [0.3, 0.4) is 0 Å². The second-order valence-electron chi connectivity index (χ2n) is 3.98. The Hall–Kier alpha value is -1.17. The van der Waals surface area contributed by atoms with Crippen LogP contribution in [0.4, 0.5) is 5.82 Å². The maximum atomic E-state index is 11.4. The summed E-state index contributed by atoms with van der Waals surface area (Å²) in [6.45, 7) is 1.63. The van der Waals surface area contributed by atoms with E-state index in [0.717, 1.165) is 36.4 Å².